The van der Waals surface area contributed by atoms with Gasteiger partial charge in [0.1, 0.15) is 6.54 Å². The minimum absolute atomic E-state index is 0.119. The molecule has 1 aliphatic heterocycles. The summed E-state index contributed by atoms with van der Waals surface area (Å²) in [4.78, 5) is 28.9. The van der Waals surface area contributed by atoms with E-state index in [-0.39, 0.29) is 23.3 Å². The number of nitrogens with zero attached hydrogens (tertiary/aromatic N) is 2. The van der Waals surface area contributed by atoms with Gasteiger partial charge in [-0.2, -0.15) is 4.31 Å². The molecule has 1 aromatic heterocycles. The van der Waals surface area contributed by atoms with Gasteiger partial charge in [0.2, 0.25) is 15.9 Å². The van der Waals surface area contributed by atoms with Crippen molar-refractivity contribution in [2.24, 2.45) is 0 Å². The number of carbonyl (C=O) groups excluding carboxylic acids is 2. The van der Waals surface area contributed by atoms with Gasteiger partial charge in [0.15, 0.2) is 0 Å². The Hall–Kier alpha value is -2.72. The topological polar surface area (TPSA) is 86.8 Å². The second-order valence-electron chi connectivity index (χ2n) is 7.74. The molecule has 0 aliphatic carbocycles. The van der Waals surface area contributed by atoms with Crippen LogP contribution < -0.4 is 5.32 Å². The molecule has 2 amide bonds. The molecule has 7 nitrogen and oxygen atoms in total. The van der Waals surface area contributed by atoms with E-state index in [2.05, 4.69) is 5.32 Å². The third kappa shape index (κ3) is 4.61. The predicted molar refractivity (Wildman–Crippen MR) is 134 cm³/mol. The fraction of sp³-hybridized carbons (Fsp3) is 0.250. The second-order valence-corrected chi connectivity index (χ2v) is 11.1. The summed E-state index contributed by atoms with van der Waals surface area (Å²) >= 11 is 7.75. The number of amides is 2. The van der Waals surface area contributed by atoms with E-state index >= 15 is 0 Å². The van der Waals surface area contributed by atoms with Crippen LogP contribution in [-0.4, -0.2) is 49.1 Å². The summed E-state index contributed by atoms with van der Waals surface area (Å²) < 4.78 is 27.0. The molecule has 0 fully saturated rings. The molecule has 1 atom stereocenters. The monoisotopic (exact) mass is 517 g/mol. The van der Waals surface area contributed by atoms with E-state index in [1.807, 2.05) is 17.5 Å². The molecule has 0 spiro atoms. The highest BCUT2D eigenvalue weighted by atomic mass is 35.5. The van der Waals surface area contributed by atoms with Gasteiger partial charge in [0.25, 0.3) is 5.91 Å². The molecule has 34 heavy (non-hydrogen) atoms. The largest absolute Gasteiger partial charge is 0.324 e. The molecular weight excluding hydrogens is 494 g/mol. The van der Waals surface area contributed by atoms with Gasteiger partial charge >= 0.3 is 0 Å². The molecule has 0 saturated carbocycles. The molecule has 1 aliphatic rings. The van der Waals surface area contributed by atoms with Crippen LogP contribution in [0.1, 0.15) is 40.7 Å². The average Bonchev–Trinajstić information content (AvgIpc) is 3.30. The molecule has 3 aromatic rings. The molecule has 10 heteroatoms. The number of rotatable bonds is 6. The number of nitrogens with one attached hydrogen (secondary N) is 1. The van der Waals surface area contributed by atoms with Crippen molar-refractivity contribution in [1.29, 1.82) is 0 Å². The van der Waals surface area contributed by atoms with Crippen LogP contribution in [0, 0.1) is 0 Å². The van der Waals surface area contributed by atoms with Crippen molar-refractivity contribution in [3.8, 4) is 0 Å². The summed E-state index contributed by atoms with van der Waals surface area (Å²) in [5.74, 6) is -0.704. The summed E-state index contributed by atoms with van der Waals surface area (Å²) in [5.41, 5.74) is 1.61. The Morgan fingerprint density at radius 3 is 2.47 bits per heavy atom. The van der Waals surface area contributed by atoms with Gasteiger partial charge in [-0.25, -0.2) is 8.42 Å². The van der Waals surface area contributed by atoms with E-state index in [9.17, 15) is 18.0 Å². The summed E-state index contributed by atoms with van der Waals surface area (Å²) in [6.45, 7) is 4.10. The molecule has 2 aromatic carbocycles. The van der Waals surface area contributed by atoms with Crippen molar-refractivity contribution in [1.82, 2.24) is 9.21 Å². The molecular formula is C24H24ClN3O4S2. The maximum absolute atomic E-state index is 13.7. The Morgan fingerprint density at radius 2 is 1.85 bits per heavy atom. The lowest BCUT2D eigenvalue weighted by Gasteiger charge is -2.29. The molecule has 2 heterocycles. The third-order valence-corrected chi connectivity index (χ3v) is 8.95. The first-order valence-electron chi connectivity index (χ1n) is 10.8. The Labute approximate surface area is 208 Å². The highest BCUT2D eigenvalue weighted by molar-refractivity contribution is 7.89. The average molecular weight is 518 g/mol. The fourth-order valence-electron chi connectivity index (χ4n) is 4.07. The number of benzene rings is 2. The lowest BCUT2D eigenvalue weighted by molar-refractivity contribution is -0.117. The summed E-state index contributed by atoms with van der Waals surface area (Å²) in [6, 6.07) is 14.3. The summed E-state index contributed by atoms with van der Waals surface area (Å²) in [7, 11) is -3.64. The smallest absolute Gasteiger partial charge is 0.255 e. The van der Waals surface area contributed by atoms with Crippen molar-refractivity contribution in [2.45, 2.75) is 24.8 Å². The molecule has 0 bridgehead atoms. The minimum Gasteiger partial charge on any atom is -0.324 e. The first-order valence-corrected chi connectivity index (χ1v) is 13.5. The van der Waals surface area contributed by atoms with Crippen LogP contribution >= 0.6 is 22.9 Å². The van der Waals surface area contributed by atoms with Gasteiger partial charge in [0.05, 0.1) is 10.9 Å². The summed E-state index contributed by atoms with van der Waals surface area (Å²) in [5, 5.41) is 5.27. The van der Waals surface area contributed by atoms with Gasteiger partial charge in [-0.05, 0) is 53.9 Å². The Bertz CT molecular complexity index is 1300. The second kappa shape index (κ2) is 9.87. The first kappa shape index (κ1) is 24.4. The van der Waals surface area contributed by atoms with Crippen LogP contribution in [-0.2, 0) is 14.8 Å². The normalized spacial score (nSPS) is 16.2. The number of fused-ring (bicyclic) bond motifs is 1. The quantitative estimate of drug-likeness (QED) is 0.517. The maximum atomic E-state index is 13.7. The van der Waals surface area contributed by atoms with Crippen LogP contribution in [0.15, 0.2) is 64.9 Å². The van der Waals surface area contributed by atoms with Crippen LogP contribution in [0.25, 0.3) is 0 Å². The molecule has 1 N–H and O–H groups in total. The number of hydrogen-bond donors (Lipinski definition) is 1. The number of thiophene rings is 1. The number of anilines is 1. The van der Waals surface area contributed by atoms with E-state index in [0.29, 0.717) is 29.4 Å². The zero-order valence-electron chi connectivity index (χ0n) is 18.7. The lowest BCUT2D eigenvalue weighted by atomic mass is 10.0. The van der Waals surface area contributed by atoms with Crippen molar-refractivity contribution in [3.05, 3.63) is 81.0 Å². The Kier molecular flexibility index (Phi) is 7.09. The van der Waals surface area contributed by atoms with Crippen molar-refractivity contribution < 1.29 is 18.0 Å². The van der Waals surface area contributed by atoms with Crippen molar-refractivity contribution >= 4 is 50.5 Å². The fourth-order valence-corrected chi connectivity index (χ4v) is 6.56. The van der Waals surface area contributed by atoms with E-state index in [1.165, 1.54) is 44.8 Å². The molecule has 178 valence electrons. The number of sulfonamides is 1. The van der Waals surface area contributed by atoms with Gasteiger partial charge in [-0.1, -0.05) is 31.5 Å². The van der Waals surface area contributed by atoms with E-state index in [4.69, 9.17) is 11.6 Å². The predicted octanol–water partition coefficient (Wildman–Crippen LogP) is 4.62. The van der Waals surface area contributed by atoms with E-state index in [0.717, 1.165) is 10.4 Å². The van der Waals surface area contributed by atoms with Gasteiger partial charge < -0.3 is 10.2 Å². The number of halogens is 1. The van der Waals surface area contributed by atoms with Crippen LogP contribution in [0.3, 0.4) is 0 Å². The first-order chi connectivity index (χ1) is 16.3. The standard InChI is InChI=1S/C24H24ClN3O4S2/c1-3-27(4-2)34(31,32)18-10-7-16(8-11-18)24(30)28-15-22(29)26-20-12-9-17(25)14-19(20)23(28)21-6-5-13-33-21/h5-14,23H,3-4,15H2,1-2H3,(H,26,29). The van der Waals surface area contributed by atoms with Crippen LogP contribution in [0.4, 0.5) is 5.69 Å². The Balaban J connectivity index is 1.75. The lowest BCUT2D eigenvalue weighted by Crippen LogP contribution is -2.38. The van der Waals surface area contributed by atoms with E-state index < -0.39 is 16.1 Å². The maximum Gasteiger partial charge on any atom is 0.255 e. The van der Waals surface area contributed by atoms with Gasteiger partial charge in [-0.15, -0.1) is 11.3 Å². The SMILES string of the molecule is CCN(CC)S(=O)(=O)c1ccc(C(=O)N2CC(=O)Nc3ccc(Cl)cc3C2c2cccs2)cc1. The van der Waals surface area contributed by atoms with Crippen molar-refractivity contribution in [2.75, 3.05) is 25.0 Å². The minimum atomic E-state index is -3.64. The molecule has 1 unspecified atom stereocenters. The van der Waals surface area contributed by atoms with Crippen molar-refractivity contribution in [3.63, 3.8) is 0 Å². The van der Waals surface area contributed by atoms with E-state index in [1.54, 1.807) is 32.0 Å². The summed E-state index contributed by atoms with van der Waals surface area (Å²) in [6.07, 6.45) is 0. The number of carbonyl (C=O) groups is 2. The van der Waals surface area contributed by atoms with Gasteiger partial charge in [-0.3, -0.25) is 9.59 Å². The molecule has 4 rings (SSSR count). The molecule has 0 radical (unpaired) electrons. The highest BCUT2D eigenvalue weighted by Crippen LogP contribution is 2.39. The van der Waals surface area contributed by atoms with Gasteiger partial charge in [0, 0.05) is 39.8 Å². The number of hydrogen-bond acceptors (Lipinski definition) is 5. The zero-order chi connectivity index (χ0) is 24.5. The van der Waals surface area contributed by atoms with Crippen LogP contribution in [0.5, 0.6) is 0 Å². The highest BCUT2D eigenvalue weighted by Gasteiger charge is 2.35. The van der Waals surface area contributed by atoms with Crippen LogP contribution in [0.2, 0.25) is 5.02 Å². The third-order valence-electron chi connectivity index (χ3n) is 5.73. The molecule has 0 saturated heterocycles. The zero-order valence-corrected chi connectivity index (χ0v) is 21.1. The Morgan fingerprint density at radius 1 is 1.15 bits per heavy atom.